The quantitative estimate of drug-likeness (QED) is 0.660. The van der Waals surface area contributed by atoms with Gasteiger partial charge in [-0.05, 0) is 37.3 Å². The van der Waals surface area contributed by atoms with E-state index >= 15 is 0 Å². The van der Waals surface area contributed by atoms with Gasteiger partial charge < -0.3 is 15.4 Å². The lowest BCUT2D eigenvalue weighted by Gasteiger charge is -2.12. The molecule has 0 amide bonds. The van der Waals surface area contributed by atoms with E-state index in [4.69, 9.17) is 17.0 Å². The summed E-state index contributed by atoms with van der Waals surface area (Å²) in [6.07, 6.45) is 0. The molecule has 0 saturated carbocycles. The third-order valence-electron chi connectivity index (χ3n) is 3.86. The Balaban J connectivity index is 1.69. The van der Waals surface area contributed by atoms with E-state index in [1.807, 2.05) is 43.3 Å². The first kappa shape index (κ1) is 17.9. The smallest absolute Gasteiger partial charge is 0.176 e. The fourth-order valence-electron chi connectivity index (χ4n) is 2.54. The van der Waals surface area contributed by atoms with Crippen molar-refractivity contribution < 1.29 is 9.13 Å². The zero-order chi connectivity index (χ0) is 18.5. The number of anilines is 2. The van der Waals surface area contributed by atoms with Crippen molar-refractivity contribution in [1.82, 2.24) is 9.78 Å². The topological polar surface area (TPSA) is 51.1 Å². The van der Waals surface area contributed by atoms with Crippen LogP contribution in [0.5, 0.6) is 5.75 Å². The maximum Gasteiger partial charge on any atom is 0.176 e. The monoisotopic (exact) mass is 370 g/mol. The number of hydrogen-bond acceptors (Lipinski definition) is 3. The van der Waals surface area contributed by atoms with Gasteiger partial charge in [-0.1, -0.05) is 30.3 Å². The molecule has 0 bridgehead atoms. The number of nitrogens with zero attached hydrogens (tertiary/aromatic N) is 2. The van der Waals surface area contributed by atoms with Crippen LogP contribution in [0.4, 0.5) is 15.9 Å². The molecular formula is C19H19FN4OS. The van der Waals surface area contributed by atoms with Crippen LogP contribution in [-0.2, 0) is 6.54 Å². The summed E-state index contributed by atoms with van der Waals surface area (Å²) in [7, 11) is 1.60. The van der Waals surface area contributed by atoms with Crippen LogP contribution in [-0.4, -0.2) is 22.0 Å². The maximum absolute atomic E-state index is 13.8. The van der Waals surface area contributed by atoms with Crippen LogP contribution in [0.2, 0.25) is 0 Å². The molecule has 26 heavy (non-hydrogen) atoms. The van der Waals surface area contributed by atoms with Crippen molar-refractivity contribution in [2.45, 2.75) is 13.5 Å². The van der Waals surface area contributed by atoms with Gasteiger partial charge in [0.25, 0.3) is 0 Å². The molecule has 0 fully saturated rings. The molecule has 0 radical (unpaired) electrons. The lowest BCUT2D eigenvalue weighted by atomic mass is 10.2. The lowest BCUT2D eigenvalue weighted by Crippen LogP contribution is -2.20. The number of para-hydroxylation sites is 2. The van der Waals surface area contributed by atoms with Gasteiger partial charge in [0.05, 0.1) is 19.3 Å². The molecule has 1 heterocycles. The van der Waals surface area contributed by atoms with Crippen molar-refractivity contribution in [2.24, 2.45) is 0 Å². The van der Waals surface area contributed by atoms with E-state index in [2.05, 4.69) is 15.7 Å². The highest BCUT2D eigenvalue weighted by Gasteiger charge is 2.10. The summed E-state index contributed by atoms with van der Waals surface area (Å²) < 4.78 is 20.9. The largest absolute Gasteiger partial charge is 0.495 e. The average Bonchev–Trinajstić information content (AvgIpc) is 2.96. The first-order chi connectivity index (χ1) is 12.6. The standard InChI is InChI=1S/C19H19FN4OS/c1-13-11-18(23-24(13)12-14-7-3-4-8-15(14)20)22-19(26)21-16-9-5-6-10-17(16)25-2/h3-11H,12H2,1-2H3,(H2,21,22,23,26). The molecule has 0 aliphatic heterocycles. The highest BCUT2D eigenvalue weighted by molar-refractivity contribution is 7.80. The second-order valence-corrected chi connectivity index (χ2v) is 6.11. The number of halogens is 1. The van der Waals surface area contributed by atoms with Gasteiger partial charge in [-0.2, -0.15) is 5.10 Å². The molecule has 0 aliphatic rings. The molecule has 1 aromatic heterocycles. The van der Waals surface area contributed by atoms with Crippen LogP contribution in [0.3, 0.4) is 0 Å². The second-order valence-electron chi connectivity index (χ2n) is 5.70. The third-order valence-corrected chi connectivity index (χ3v) is 4.06. The summed E-state index contributed by atoms with van der Waals surface area (Å²) in [4.78, 5) is 0. The summed E-state index contributed by atoms with van der Waals surface area (Å²) in [5.74, 6) is 1.04. The maximum atomic E-state index is 13.8. The van der Waals surface area contributed by atoms with Crippen molar-refractivity contribution in [3.63, 3.8) is 0 Å². The van der Waals surface area contributed by atoms with Gasteiger partial charge in [0.1, 0.15) is 11.6 Å². The molecule has 5 nitrogen and oxygen atoms in total. The number of nitrogens with one attached hydrogen (secondary N) is 2. The average molecular weight is 370 g/mol. The van der Waals surface area contributed by atoms with E-state index in [0.29, 0.717) is 28.8 Å². The van der Waals surface area contributed by atoms with Gasteiger partial charge in [0.2, 0.25) is 0 Å². The zero-order valence-electron chi connectivity index (χ0n) is 14.5. The SMILES string of the molecule is COc1ccccc1NC(=S)Nc1cc(C)n(Cc2ccccc2F)n1. The molecule has 3 rings (SSSR count). The van der Waals surface area contributed by atoms with Crippen LogP contribution in [0.25, 0.3) is 0 Å². The Morgan fingerprint density at radius 1 is 1.15 bits per heavy atom. The van der Waals surface area contributed by atoms with Gasteiger partial charge in [-0.3, -0.25) is 4.68 Å². The number of thiocarbonyl (C=S) groups is 1. The molecular weight excluding hydrogens is 351 g/mol. The summed E-state index contributed by atoms with van der Waals surface area (Å²) in [5, 5.41) is 11.0. The molecule has 7 heteroatoms. The number of aromatic nitrogens is 2. The van der Waals surface area contributed by atoms with Crippen molar-refractivity contribution in [1.29, 1.82) is 0 Å². The fourth-order valence-corrected chi connectivity index (χ4v) is 2.75. The van der Waals surface area contributed by atoms with E-state index in [1.54, 1.807) is 23.9 Å². The minimum atomic E-state index is -0.245. The first-order valence-corrected chi connectivity index (χ1v) is 8.46. The summed E-state index contributed by atoms with van der Waals surface area (Å²) in [6, 6.07) is 16.0. The van der Waals surface area contributed by atoms with Crippen molar-refractivity contribution in [3.8, 4) is 5.75 Å². The Hall–Kier alpha value is -2.93. The molecule has 134 valence electrons. The van der Waals surface area contributed by atoms with E-state index in [0.717, 1.165) is 11.4 Å². The molecule has 0 saturated heterocycles. The number of aryl methyl sites for hydroxylation is 1. The highest BCUT2D eigenvalue weighted by Crippen LogP contribution is 2.23. The van der Waals surface area contributed by atoms with Gasteiger partial charge in [0.15, 0.2) is 10.9 Å². The van der Waals surface area contributed by atoms with Crippen LogP contribution < -0.4 is 15.4 Å². The molecule has 0 atom stereocenters. The third kappa shape index (κ3) is 4.18. The van der Waals surface area contributed by atoms with E-state index < -0.39 is 0 Å². The minimum Gasteiger partial charge on any atom is -0.495 e. The summed E-state index contributed by atoms with van der Waals surface area (Å²) >= 11 is 5.34. The normalized spacial score (nSPS) is 10.4. The number of methoxy groups -OCH3 is 1. The summed E-state index contributed by atoms with van der Waals surface area (Å²) in [6.45, 7) is 2.27. The van der Waals surface area contributed by atoms with Crippen molar-refractivity contribution >= 4 is 28.8 Å². The zero-order valence-corrected chi connectivity index (χ0v) is 15.3. The number of rotatable bonds is 5. The lowest BCUT2D eigenvalue weighted by molar-refractivity contribution is 0.417. The van der Waals surface area contributed by atoms with Crippen molar-refractivity contribution in [3.05, 3.63) is 71.7 Å². The molecule has 0 spiro atoms. The second kappa shape index (κ2) is 7.97. The number of benzene rings is 2. The van der Waals surface area contributed by atoms with Crippen LogP contribution >= 0.6 is 12.2 Å². The molecule has 0 aliphatic carbocycles. The molecule has 3 aromatic rings. The molecule has 0 unspecified atom stereocenters. The van der Waals surface area contributed by atoms with Gasteiger partial charge in [0, 0.05) is 17.3 Å². The molecule has 2 aromatic carbocycles. The number of hydrogen-bond donors (Lipinski definition) is 2. The Labute approximate surface area is 156 Å². The van der Waals surface area contributed by atoms with Gasteiger partial charge in [-0.15, -0.1) is 0 Å². The Morgan fingerprint density at radius 2 is 1.88 bits per heavy atom. The van der Waals surface area contributed by atoms with Crippen LogP contribution in [0.15, 0.2) is 54.6 Å². The van der Waals surface area contributed by atoms with Crippen molar-refractivity contribution in [2.75, 3.05) is 17.7 Å². The predicted octanol–water partition coefficient (Wildman–Crippen LogP) is 4.20. The van der Waals surface area contributed by atoms with E-state index in [-0.39, 0.29) is 5.82 Å². The van der Waals surface area contributed by atoms with Crippen LogP contribution in [0.1, 0.15) is 11.3 Å². The van der Waals surface area contributed by atoms with Gasteiger partial charge >= 0.3 is 0 Å². The Morgan fingerprint density at radius 3 is 2.65 bits per heavy atom. The fraction of sp³-hybridized carbons (Fsp3) is 0.158. The van der Waals surface area contributed by atoms with Crippen LogP contribution in [0, 0.1) is 12.7 Å². The summed E-state index contributed by atoms with van der Waals surface area (Å²) in [5.41, 5.74) is 2.24. The van der Waals surface area contributed by atoms with Gasteiger partial charge in [-0.25, -0.2) is 4.39 Å². The molecule has 2 N–H and O–H groups in total. The van der Waals surface area contributed by atoms with E-state index in [9.17, 15) is 4.39 Å². The predicted molar refractivity (Wildman–Crippen MR) is 105 cm³/mol. The Bertz CT molecular complexity index is 925. The Kier molecular flexibility index (Phi) is 5.48. The minimum absolute atomic E-state index is 0.245. The highest BCUT2D eigenvalue weighted by atomic mass is 32.1. The van der Waals surface area contributed by atoms with E-state index in [1.165, 1.54) is 6.07 Å². The number of ether oxygens (including phenoxy) is 1. The first-order valence-electron chi connectivity index (χ1n) is 8.05.